The Morgan fingerprint density at radius 3 is 2.43 bits per heavy atom. The van der Waals surface area contributed by atoms with Crippen LogP contribution in [-0.2, 0) is 9.53 Å². The fraction of sp³-hybridized carbons (Fsp3) is 0.143. The molecule has 0 unspecified atom stereocenters. The summed E-state index contributed by atoms with van der Waals surface area (Å²) < 4.78 is 6.75. The summed E-state index contributed by atoms with van der Waals surface area (Å²) in [5.41, 5.74) is 2.30. The van der Waals surface area contributed by atoms with Crippen molar-refractivity contribution in [1.29, 1.82) is 5.26 Å². The van der Waals surface area contributed by atoms with Gasteiger partial charge in [0.1, 0.15) is 11.3 Å². The van der Waals surface area contributed by atoms with Crippen molar-refractivity contribution in [3.63, 3.8) is 0 Å². The molecule has 0 atom stereocenters. The van der Waals surface area contributed by atoms with E-state index in [2.05, 4.69) is 10.4 Å². The van der Waals surface area contributed by atoms with E-state index >= 15 is 0 Å². The number of para-hydroxylation sites is 1. The fourth-order valence-electron chi connectivity index (χ4n) is 2.56. The van der Waals surface area contributed by atoms with Crippen molar-refractivity contribution in [2.24, 2.45) is 0 Å². The third-order valence-electron chi connectivity index (χ3n) is 3.90. The molecule has 2 aromatic carbocycles. The first-order valence-corrected chi connectivity index (χ1v) is 8.70. The van der Waals surface area contributed by atoms with Crippen molar-refractivity contribution in [2.75, 3.05) is 13.2 Å². The van der Waals surface area contributed by atoms with Gasteiger partial charge < -0.3 is 10.1 Å². The molecule has 0 aliphatic carbocycles. The van der Waals surface area contributed by atoms with Crippen LogP contribution < -0.4 is 5.32 Å². The largest absolute Gasteiger partial charge is 0.452 e. The summed E-state index contributed by atoms with van der Waals surface area (Å²) >= 11 is 0. The summed E-state index contributed by atoms with van der Waals surface area (Å²) in [5.74, 6) is -1.10. The number of benzene rings is 2. The molecule has 1 N–H and O–H groups in total. The van der Waals surface area contributed by atoms with Crippen LogP contribution in [0, 0.1) is 11.3 Å². The highest BCUT2D eigenvalue weighted by Gasteiger charge is 2.20. The lowest BCUT2D eigenvalue weighted by Gasteiger charge is -2.05. The van der Waals surface area contributed by atoms with Gasteiger partial charge in [-0.2, -0.15) is 10.4 Å². The van der Waals surface area contributed by atoms with Gasteiger partial charge in [-0.1, -0.05) is 48.5 Å². The number of ether oxygens (including phenoxy) is 1. The Morgan fingerprint density at radius 2 is 1.75 bits per heavy atom. The highest BCUT2D eigenvalue weighted by atomic mass is 16.5. The average Bonchev–Trinajstić information content (AvgIpc) is 3.19. The average molecular weight is 374 g/mol. The molecular weight excluding hydrogens is 356 g/mol. The van der Waals surface area contributed by atoms with E-state index in [1.54, 1.807) is 10.9 Å². The summed E-state index contributed by atoms with van der Waals surface area (Å²) in [6.07, 6.45) is 1.79. The number of nitrogens with one attached hydrogen (secondary N) is 1. The van der Waals surface area contributed by atoms with Crippen molar-refractivity contribution < 1.29 is 14.3 Å². The number of esters is 1. The molecule has 0 fully saturated rings. The molecule has 0 aliphatic rings. The first kappa shape index (κ1) is 18.9. The second-order valence-corrected chi connectivity index (χ2v) is 5.87. The van der Waals surface area contributed by atoms with Crippen LogP contribution in [-0.4, -0.2) is 34.8 Å². The Bertz CT molecular complexity index is 991. The maximum atomic E-state index is 12.6. The lowest BCUT2D eigenvalue weighted by atomic mass is 10.1. The van der Waals surface area contributed by atoms with Gasteiger partial charge in [-0.15, -0.1) is 0 Å². The Kier molecular flexibility index (Phi) is 6.16. The molecule has 0 saturated carbocycles. The maximum Gasteiger partial charge on any atom is 0.342 e. The number of carbonyl (C=O) groups excluding carboxylic acids is 2. The highest BCUT2D eigenvalue weighted by Crippen LogP contribution is 2.24. The van der Waals surface area contributed by atoms with E-state index in [0.717, 1.165) is 11.3 Å². The number of hydrogen-bond acceptors (Lipinski definition) is 5. The van der Waals surface area contributed by atoms with Crippen LogP contribution in [0.15, 0.2) is 66.9 Å². The Hall–Kier alpha value is -3.92. The molecule has 7 nitrogen and oxygen atoms in total. The van der Waals surface area contributed by atoms with Gasteiger partial charge in [0.15, 0.2) is 6.61 Å². The summed E-state index contributed by atoms with van der Waals surface area (Å²) in [6.45, 7) is -0.205. The second kappa shape index (κ2) is 9.14. The monoisotopic (exact) mass is 374 g/mol. The predicted octanol–water partition coefficient (Wildman–Crippen LogP) is 2.73. The summed E-state index contributed by atoms with van der Waals surface area (Å²) in [6, 6.07) is 20.6. The molecule has 1 amide bonds. The zero-order valence-corrected chi connectivity index (χ0v) is 15.0. The minimum atomic E-state index is -0.642. The third-order valence-corrected chi connectivity index (χ3v) is 3.90. The zero-order chi connectivity index (χ0) is 19.8. The minimum absolute atomic E-state index is 0.196. The molecule has 3 aromatic rings. The Labute approximate surface area is 162 Å². The van der Waals surface area contributed by atoms with Crippen LogP contribution in [0.5, 0.6) is 0 Å². The van der Waals surface area contributed by atoms with Gasteiger partial charge in [0, 0.05) is 18.3 Å². The van der Waals surface area contributed by atoms with Crippen LogP contribution in [0.25, 0.3) is 16.9 Å². The van der Waals surface area contributed by atoms with Crippen molar-refractivity contribution in [3.05, 3.63) is 72.4 Å². The van der Waals surface area contributed by atoms with Gasteiger partial charge in [-0.3, -0.25) is 4.79 Å². The SMILES string of the molecule is N#CCCNC(=O)COC(=O)c1cn(-c2ccccc2)nc1-c1ccccc1. The molecule has 140 valence electrons. The molecule has 3 rings (SSSR count). The quantitative estimate of drug-likeness (QED) is 0.507. The molecule has 1 aromatic heterocycles. The first-order chi connectivity index (χ1) is 13.7. The van der Waals surface area contributed by atoms with Gasteiger partial charge >= 0.3 is 5.97 Å². The van der Waals surface area contributed by atoms with Crippen LogP contribution >= 0.6 is 0 Å². The minimum Gasteiger partial charge on any atom is -0.452 e. The van der Waals surface area contributed by atoms with E-state index in [4.69, 9.17) is 10.00 Å². The van der Waals surface area contributed by atoms with Crippen LogP contribution in [0.3, 0.4) is 0 Å². The smallest absolute Gasteiger partial charge is 0.342 e. The number of carbonyl (C=O) groups is 2. The Morgan fingerprint density at radius 1 is 1.07 bits per heavy atom. The lowest BCUT2D eigenvalue weighted by molar-refractivity contribution is -0.124. The van der Waals surface area contributed by atoms with Gasteiger partial charge in [-0.05, 0) is 12.1 Å². The molecule has 0 spiro atoms. The van der Waals surface area contributed by atoms with Gasteiger partial charge in [0.05, 0.1) is 18.2 Å². The molecule has 0 saturated heterocycles. The first-order valence-electron chi connectivity index (χ1n) is 8.70. The molecule has 28 heavy (non-hydrogen) atoms. The third kappa shape index (κ3) is 4.62. The number of aromatic nitrogens is 2. The topological polar surface area (TPSA) is 97.0 Å². The molecule has 0 bridgehead atoms. The maximum absolute atomic E-state index is 12.6. The van der Waals surface area contributed by atoms with E-state index in [1.807, 2.05) is 66.7 Å². The molecular formula is C21H18N4O3. The Balaban J connectivity index is 1.82. The standard InChI is InChI=1S/C21H18N4O3/c22-12-7-13-23-19(26)15-28-21(27)18-14-25(17-10-5-2-6-11-17)24-20(18)16-8-3-1-4-9-16/h1-6,8-11,14H,7,13,15H2,(H,23,26). The predicted molar refractivity (Wildman–Crippen MR) is 103 cm³/mol. The zero-order valence-electron chi connectivity index (χ0n) is 15.0. The van der Waals surface area contributed by atoms with Gasteiger partial charge in [0.2, 0.25) is 0 Å². The second-order valence-electron chi connectivity index (χ2n) is 5.87. The van der Waals surface area contributed by atoms with Crippen molar-refractivity contribution in [1.82, 2.24) is 15.1 Å². The number of nitrogens with zero attached hydrogens (tertiary/aromatic N) is 3. The summed E-state index contributed by atoms with van der Waals surface area (Å²) in [7, 11) is 0. The van der Waals surface area contributed by atoms with Crippen molar-refractivity contribution in [3.8, 4) is 23.0 Å². The van der Waals surface area contributed by atoms with Gasteiger partial charge in [0.25, 0.3) is 5.91 Å². The van der Waals surface area contributed by atoms with Crippen LogP contribution in [0.4, 0.5) is 0 Å². The van der Waals surface area contributed by atoms with E-state index in [0.29, 0.717) is 5.69 Å². The number of hydrogen-bond donors (Lipinski definition) is 1. The summed E-state index contributed by atoms with van der Waals surface area (Å²) in [5, 5.41) is 15.5. The lowest BCUT2D eigenvalue weighted by Crippen LogP contribution is -2.29. The number of rotatable bonds is 7. The summed E-state index contributed by atoms with van der Waals surface area (Å²) in [4.78, 5) is 24.3. The van der Waals surface area contributed by atoms with Crippen LogP contribution in [0.2, 0.25) is 0 Å². The van der Waals surface area contributed by atoms with E-state index in [1.165, 1.54) is 0 Å². The van der Waals surface area contributed by atoms with E-state index in [9.17, 15) is 9.59 Å². The van der Waals surface area contributed by atoms with Gasteiger partial charge in [-0.25, -0.2) is 9.48 Å². The fourth-order valence-corrected chi connectivity index (χ4v) is 2.56. The van der Waals surface area contributed by atoms with Crippen molar-refractivity contribution >= 4 is 11.9 Å². The van der Waals surface area contributed by atoms with Crippen molar-refractivity contribution in [2.45, 2.75) is 6.42 Å². The molecule has 1 heterocycles. The molecule has 0 radical (unpaired) electrons. The number of amides is 1. The molecule has 0 aliphatic heterocycles. The number of nitriles is 1. The highest BCUT2D eigenvalue weighted by molar-refractivity contribution is 5.97. The van der Waals surface area contributed by atoms with Crippen LogP contribution in [0.1, 0.15) is 16.8 Å². The van der Waals surface area contributed by atoms with E-state index in [-0.39, 0.29) is 18.5 Å². The molecule has 7 heteroatoms. The van der Waals surface area contributed by atoms with E-state index < -0.39 is 18.5 Å². The normalized spacial score (nSPS) is 10.1.